The summed E-state index contributed by atoms with van der Waals surface area (Å²) in [7, 11) is 3.51. The number of nitrogens with zero attached hydrogens (tertiary/aromatic N) is 3. The zero-order valence-electron chi connectivity index (χ0n) is 11.8. The minimum absolute atomic E-state index is 0.455. The third-order valence-electron chi connectivity index (χ3n) is 2.92. The zero-order chi connectivity index (χ0) is 14.5. The van der Waals surface area contributed by atoms with Gasteiger partial charge < -0.3 is 10.1 Å². The highest BCUT2D eigenvalue weighted by atomic mass is 127. The highest BCUT2D eigenvalue weighted by Gasteiger charge is 2.15. The van der Waals surface area contributed by atoms with Gasteiger partial charge in [0.25, 0.3) is 0 Å². The molecule has 0 saturated carbocycles. The molecule has 0 amide bonds. The summed E-state index contributed by atoms with van der Waals surface area (Å²) < 4.78 is 6.19. The Morgan fingerprint density at radius 2 is 2.15 bits per heavy atom. The lowest BCUT2D eigenvalue weighted by Crippen LogP contribution is -2.07. The predicted octanol–water partition coefficient (Wildman–Crippen LogP) is 2.89. The minimum atomic E-state index is 0.455. The van der Waals surface area contributed by atoms with Gasteiger partial charge in [0, 0.05) is 20.4 Å². The quantitative estimate of drug-likeness (QED) is 0.804. The number of ether oxygens (including phenoxy) is 1. The average molecular weight is 384 g/mol. The lowest BCUT2D eigenvalue weighted by atomic mass is 10.1. The first-order valence-electron chi connectivity index (χ1n) is 6.38. The zero-order valence-corrected chi connectivity index (χ0v) is 13.9. The van der Waals surface area contributed by atoms with E-state index in [-0.39, 0.29) is 0 Å². The van der Waals surface area contributed by atoms with Crippen molar-refractivity contribution in [1.82, 2.24) is 15.0 Å². The SMILES string of the molecule is CCc1cccnc1-c1nc(COC)c(I)c(NC)n1. The second kappa shape index (κ2) is 6.94. The van der Waals surface area contributed by atoms with Gasteiger partial charge in [-0.1, -0.05) is 13.0 Å². The maximum Gasteiger partial charge on any atom is 0.180 e. The number of anilines is 1. The summed E-state index contributed by atoms with van der Waals surface area (Å²) in [6, 6.07) is 3.99. The number of halogens is 1. The largest absolute Gasteiger partial charge is 0.378 e. The van der Waals surface area contributed by atoms with Crippen LogP contribution in [0.15, 0.2) is 18.3 Å². The van der Waals surface area contributed by atoms with Crippen molar-refractivity contribution < 1.29 is 4.74 Å². The Kier molecular flexibility index (Phi) is 5.24. The average Bonchev–Trinajstić information content (AvgIpc) is 2.49. The molecule has 106 valence electrons. The first-order chi connectivity index (χ1) is 9.71. The Hall–Kier alpha value is -1.28. The van der Waals surface area contributed by atoms with Crippen LogP contribution in [0.2, 0.25) is 0 Å². The van der Waals surface area contributed by atoms with Crippen LogP contribution >= 0.6 is 22.6 Å². The van der Waals surface area contributed by atoms with Crippen LogP contribution in [0, 0.1) is 3.57 Å². The molecule has 0 atom stereocenters. The molecule has 0 aliphatic carbocycles. The van der Waals surface area contributed by atoms with Crippen molar-refractivity contribution in [3.63, 3.8) is 0 Å². The Bertz CT molecular complexity index is 604. The molecule has 0 fully saturated rings. The lowest BCUT2D eigenvalue weighted by molar-refractivity contribution is 0.181. The van der Waals surface area contributed by atoms with E-state index in [9.17, 15) is 0 Å². The van der Waals surface area contributed by atoms with Crippen LogP contribution in [0.4, 0.5) is 5.82 Å². The number of pyridine rings is 1. The summed E-state index contributed by atoms with van der Waals surface area (Å²) in [4.78, 5) is 13.6. The number of rotatable bonds is 5. The standard InChI is InChI=1S/C14H17IN4O/c1-4-9-6-5-7-17-12(9)14-18-10(8-20-3)11(15)13(16-2)19-14/h5-7H,4,8H2,1-3H3,(H,16,18,19). The van der Waals surface area contributed by atoms with Gasteiger partial charge in [-0.2, -0.15) is 0 Å². The van der Waals surface area contributed by atoms with Crippen LogP contribution in [0.5, 0.6) is 0 Å². The summed E-state index contributed by atoms with van der Waals surface area (Å²) in [6.45, 7) is 2.55. The van der Waals surface area contributed by atoms with Gasteiger partial charge in [0.1, 0.15) is 11.5 Å². The summed E-state index contributed by atoms with van der Waals surface area (Å²) in [6.07, 6.45) is 2.66. The number of hydrogen-bond acceptors (Lipinski definition) is 5. The van der Waals surface area contributed by atoms with Gasteiger partial charge in [-0.05, 0) is 40.6 Å². The van der Waals surface area contributed by atoms with Gasteiger partial charge in [-0.3, -0.25) is 4.98 Å². The summed E-state index contributed by atoms with van der Waals surface area (Å²) >= 11 is 2.23. The second-order valence-corrected chi connectivity index (χ2v) is 5.28. The molecule has 6 heteroatoms. The molecular formula is C14H17IN4O. The number of methoxy groups -OCH3 is 1. The fourth-order valence-electron chi connectivity index (χ4n) is 1.92. The lowest BCUT2D eigenvalue weighted by Gasteiger charge is -2.12. The monoisotopic (exact) mass is 384 g/mol. The van der Waals surface area contributed by atoms with Crippen LogP contribution in [-0.2, 0) is 17.8 Å². The molecule has 0 saturated heterocycles. The van der Waals surface area contributed by atoms with Crippen LogP contribution in [0.1, 0.15) is 18.2 Å². The van der Waals surface area contributed by atoms with Crippen LogP contribution in [0.25, 0.3) is 11.5 Å². The van der Waals surface area contributed by atoms with Crippen molar-refractivity contribution in [2.75, 3.05) is 19.5 Å². The number of aromatic nitrogens is 3. The van der Waals surface area contributed by atoms with Crippen LogP contribution in [0.3, 0.4) is 0 Å². The topological polar surface area (TPSA) is 59.9 Å². The molecular weight excluding hydrogens is 367 g/mol. The molecule has 2 rings (SSSR count). The molecule has 0 aliphatic rings. The van der Waals surface area contributed by atoms with Gasteiger partial charge >= 0.3 is 0 Å². The van der Waals surface area contributed by atoms with Gasteiger partial charge in [0.2, 0.25) is 0 Å². The molecule has 20 heavy (non-hydrogen) atoms. The minimum Gasteiger partial charge on any atom is -0.378 e. The van der Waals surface area contributed by atoms with Crippen molar-refractivity contribution in [3.05, 3.63) is 33.2 Å². The van der Waals surface area contributed by atoms with E-state index in [1.165, 1.54) is 0 Å². The number of aryl methyl sites for hydroxylation is 1. The van der Waals surface area contributed by atoms with E-state index in [0.717, 1.165) is 32.8 Å². The third kappa shape index (κ3) is 3.06. The van der Waals surface area contributed by atoms with Crippen molar-refractivity contribution in [2.45, 2.75) is 20.0 Å². The first-order valence-corrected chi connectivity index (χ1v) is 7.46. The Balaban J connectivity index is 2.59. The van der Waals surface area contributed by atoms with Crippen molar-refractivity contribution in [3.8, 4) is 11.5 Å². The summed E-state index contributed by atoms with van der Waals surface area (Å²) in [5, 5.41) is 3.10. The Labute approximate surface area is 132 Å². The van der Waals surface area contributed by atoms with E-state index >= 15 is 0 Å². The smallest absolute Gasteiger partial charge is 0.180 e. The normalized spacial score (nSPS) is 10.6. The van der Waals surface area contributed by atoms with E-state index in [0.29, 0.717) is 12.4 Å². The molecule has 2 aromatic rings. The van der Waals surface area contributed by atoms with Crippen molar-refractivity contribution in [1.29, 1.82) is 0 Å². The molecule has 2 aromatic heterocycles. The summed E-state index contributed by atoms with van der Waals surface area (Å²) in [5.41, 5.74) is 2.84. The van der Waals surface area contributed by atoms with E-state index in [1.807, 2.05) is 13.1 Å². The number of hydrogen-bond donors (Lipinski definition) is 1. The molecule has 0 unspecified atom stereocenters. The number of nitrogens with one attached hydrogen (secondary N) is 1. The van der Waals surface area contributed by atoms with E-state index in [1.54, 1.807) is 13.3 Å². The summed E-state index contributed by atoms with van der Waals surface area (Å²) in [5.74, 6) is 1.44. The van der Waals surface area contributed by atoms with E-state index in [2.05, 4.69) is 55.8 Å². The molecule has 2 heterocycles. The van der Waals surface area contributed by atoms with Gasteiger partial charge in [-0.25, -0.2) is 9.97 Å². The van der Waals surface area contributed by atoms with Crippen LogP contribution < -0.4 is 5.32 Å². The molecule has 1 N–H and O–H groups in total. The second-order valence-electron chi connectivity index (χ2n) is 4.20. The van der Waals surface area contributed by atoms with E-state index < -0.39 is 0 Å². The highest BCUT2D eigenvalue weighted by Crippen LogP contribution is 2.25. The highest BCUT2D eigenvalue weighted by molar-refractivity contribution is 14.1. The van der Waals surface area contributed by atoms with Crippen molar-refractivity contribution in [2.24, 2.45) is 0 Å². The molecule has 0 bridgehead atoms. The molecule has 0 aromatic carbocycles. The van der Waals surface area contributed by atoms with Gasteiger partial charge in [-0.15, -0.1) is 0 Å². The Morgan fingerprint density at radius 1 is 1.35 bits per heavy atom. The van der Waals surface area contributed by atoms with E-state index in [4.69, 9.17) is 4.74 Å². The maximum atomic E-state index is 5.21. The predicted molar refractivity (Wildman–Crippen MR) is 87.6 cm³/mol. The molecule has 0 radical (unpaired) electrons. The van der Waals surface area contributed by atoms with Gasteiger partial charge in [0.05, 0.1) is 15.9 Å². The molecule has 5 nitrogen and oxygen atoms in total. The third-order valence-corrected chi connectivity index (χ3v) is 4.06. The maximum absolute atomic E-state index is 5.21. The first kappa shape index (κ1) is 15.1. The van der Waals surface area contributed by atoms with Crippen molar-refractivity contribution >= 4 is 28.4 Å². The fourth-order valence-corrected chi connectivity index (χ4v) is 2.59. The van der Waals surface area contributed by atoms with Gasteiger partial charge in [0.15, 0.2) is 5.82 Å². The molecule has 0 spiro atoms. The Morgan fingerprint density at radius 3 is 2.80 bits per heavy atom. The van der Waals surface area contributed by atoms with Crippen LogP contribution in [-0.4, -0.2) is 29.1 Å². The molecule has 0 aliphatic heterocycles. The fraction of sp³-hybridized carbons (Fsp3) is 0.357.